The van der Waals surface area contributed by atoms with Gasteiger partial charge in [0.2, 0.25) is 0 Å². The zero-order valence-corrected chi connectivity index (χ0v) is 12.8. The Morgan fingerprint density at radius 3 is 1.94 bits per heavy atom. The molecule has 0 amide bonds. The minimum absolute atomic E-state index is 0.285. The van der Waals surface area contributed by atoms with Crippen LogP contribution in [0.2, 0.25) is 0 Å². The lowest BCUT2D eigenvalue weighted by atomic mass is 9.72. The van der Waals surface area contributed by atoms with Crippen molar-refractivity contribution in [1.29, 1.82) is 0 Å². The lowest BCUT2D eigenvalue weighted by Crippen LogP contribution is -2.64. The van der Waals surface area contributed by atoms with Crippen LogP contribution in [-0.2, 0) is 0 Å². The number of hydrogen-bond acceptors (Lipinski definition) is 2. The van der Waals surface area contributed by atoms with Crippen molar-refractivity contribution in [3.63, 3.8) is 0 Å². The van der Waals surface area contributed by atoms with E-state index in [0.29, 0.717) is 11.5 Å². The largest absolute Gasteiger partial charge is 0.315 e. The van der Waals surface area contributed by atoms with Crippen LogP contribution in [0.15, 0.2) is 0 Å². The number of likely N-dealkylation sites (tertiary alicyclic amines) is 1. The van der Waals surface area contributed by atoms with Crippen molar-refractivity contribution < 1.29 is 0 Å². The first-order valence-corrected chi connectivity index (χ1v) is 7.28. The number of rotatable bonds is 4. The molecule has 0 aromatic heterocycles. The molecule has 0 aromatic carbocycles. The Labute approximate surface area is 108 Å². The predicted octanol–water partition coefficient (Wildman–Crippen LogP) is 3.28. The first-order valence-electron chi connectivity index (χ1n) is 7.28. The monoisotopic (exact) mass is 240 g/mol. The van der Waals surface area contributed by atoms with E-state index in [0.717, 1.165) is 0 Å². The lowest BCUT2D eigenvalue weighted by molar-refractivity contribution is 0.00867. The summed E-state index contributed by atoms with van der Waals surface area (Å²) in [5.74, 6) is 0. The highest BCUT2D eigenvalue weighted by atomic mass is 15.2. The molecule has 1 saturated heterocycles. The van der Waals surface area contributed by atoms with Crippen molar-refractivity contribution >= 4 is 0 Å². The summed E-state index contributed by atoms with van der Waals surface area (Å²) in [5, 5.41) is 3.59. The van der Waals surface area contributed by atoms with Crippen LogP contribution in [0, 0.1) is 5.41 Å². The van der Waals surface area contributed by atoms with Gasteiger partial charge in [0.05, 0.1) is 0 Å². The number of nitrogens with one attached hydrogen (secondary N) is 1. The van der Waals surface area contributed by atoms with Crippen LogP contribution in [-0.4, -0.2) is 36.6 Å². The van der Waals surface area contributed by atoms with Crippen molar-refractivity contribution in [3.05, 3.63) is 0 Å². The van der Waals surface area contributed by atoms with Gasteiger partial charge < -0.3 is 5.32 Å². The Bertz CT molecular complexity index is 226. The Kier molecular flexibility index (Phi) is 5.03. The zero-order chi connectivity index (χ0) is 13.1. The van der Waals surface area contributed by atoms with Gasteiger partial charge in [-0.3, -0.25) is 4.90 Å². The van der Waals surface area contributed by atoms with Gasteiger partial charge in [0.1, 0.15) is 0 Å². The molecule has 102 valence electrons. The first-order chi connectivity index (χ1) is 7.86. The van der Waals surface area contributed by atoms with Crippen LogP contribution in [0.5, 0.6) is 0 Å². The van der Waals surface area contributed by atoms with E-state index >= 15 is 0 Å². The van der Waals surface area contributed by atoms with Crippen LogP contribution >= 0.6 is 0 Å². The highest BCUT2D eigenvalue weighted by Gasteiger charge is 2.43. The maximum absolute atomic E-state index is 3.59. The molecule has 1 N–H and O–H groups in total. The molecule has 0 spiro atoms. The third kappa shape index (κ3) is 3.23. The van der Waals surface area contributed by atoms with E-state index < -0.39 is 0 Å². The molecule has 1 fully saturated rings. The second-order valence-corrected chi connectivity index (χ2v) is 6.85. The van der Waals surface area contributed by atoms with E-state index in [1.54, 1.807) is 0 Å². The first kappa shape index (κ1) is 15.0. The molecule has 2 nitrogen and oxygen atoms in total. The van der Waals surface area contributed by atoms with Gasteiger partial charge in [0.15, 0.2) is 0 Å². The molecule has 2 heteroatoms. The Morgan fingerprint density at radius 2 is 1.59 bits per heavy atom. The highest BCUT2D eigenvalue weighted by Crippen LogP contribution is 2.35. The minimum Gasteiger partial charge on any atom is -0.315 e. The number of likely N-dealkylation sites (N-methyl/N-ethyl adjacent to an activating group) is 1. The summed E-state index contributed by atoms with van der Waals surface area (Å²) in [7, 11) is 2.12. The summed E-state index contributed by atoms with van der Waals surface area (Å²) in [6, 6.07) is 0.540. The van der Waals surface area contributed by atoms with E-state index in [1.165, 1.54) is 38.8 Å². The van der Waals surface area contributed by atoms with Gasteiger partial charge >= 0.3 is 0 Å². The van der Waals surface area contributed by atoms with Gasteiger partial charge in [-0.2, -0.15) is 0 Å². The molecule has 0 aliphatic carbocycles. The summed E-state index contributed by atoms with van der Waals surface area (Å²) < 4.78 is 0. The van der Waals surface area contributed by atoms with Gasteiger partial charge in [-0.15, -0.1) is 0 Å². The normalized spacial score (nSPS) is 24.4. The van der Waals surface area contributed by atoms with E-state index in [1.807, 2.05) is 0 Å². The van der Waals surface area contributed by atoms with Crippen LogP contribution < -0.4 is 5.32 Å². The SMILES string of the molecule is CCC(C)(C(NC)C(C)(C)C)N1CCCCC1. The van der Waals surface area contributed by atoms with Crippen LogP contribution in [0.25, 0.3) is 0 Å². The standard InChI is InChI=1S/C15H32N2/c1-7-15(5,13(16-6)14(2,3)4)17-11-9-8-10-12-17/h13,16H,7-12H2,1-6H3. The molecule has 0 bridgehead atoms. The van der Waals surface area contributed by atoms with Crippen molar-refractivity contribution in [2.45, 2.75) is 71.9 Å². The van der Waals surface area contributed by atoms with Crippen LogP contribution in [0.1, 0.15) is 60.3 Å². The highest BCUT2D eigenvalue weighted by molar-refractivity contribution is 5.01. The molecular formula is C15H32N2. The molecule has 1 heterocycles. The summed E-state index contributed by atoms with van der Waals surface area (Å²) in [6.07, 6.45) is 5.37. The van der Waals surface area contributed by atoms with Gasteiger partial charge in [-0.05, 0) is 51.7 Å². The molecule has 0 aromatic rings. The fourth-order valence-electron chi connectivity index (χ4n) is 3.69. The van der Waals surface area contributed by atoms with Crippen LogP contribution in [0.3, 0.4) is 0 Å². The van der Waals surface area contributed by atoms with Gasteiger partial charge in [-0.1, -0.05) is 34.1 Å². The Morgan fingerprint density at radius 1 is 1.06 bits per heavy atom. The molecular weight excluding hydrogens is 208 g/mol. The molecule has 1 aliphatic heterocycles. The summed E-state index contributed by atoms with van der Waals surface area (Å²) in [5.41, 5.74) is 0.588. The van der Waals surface area contributed by atoms with Gasteiger partial charge in [0, 0.05) is 11.6 Å². The second-order valence-electron chi connectivity index (χ2n) is 6.85. The van der Waals surface area contributed by atoms with Crippen molar-refractivity contribution in [3.8, 4) is 0 Å². The van der Waals surface area contributed by atoms with E-state index in [-0.39, 0.29) is 5.54 Å². The second kappa shape index (κ2) is 5.71. The van der Waals surface area contributed by atoms with Crippen LogP contribution in [0.4, 0.5) is 0 Å². The molecule has 17 heavy (non-hydrogen) atoms. The molecule has 1 rings (SSSR count). The van der Waals surface area contributed by atoms with E-state index in [2.05, 4.69) is 51.9 Å². The smallest absolute Gasteiger partial charge is 0.0336 e. The zero-order valence-electron chi connectivity index (χ0n) is 12.8. The molecule has 2 unspecified atom stereocenters. The molecule has 0 radical (unpaired) electrons. The third-order valence-electron chi connectivity index (χ3n) is 4.57. The quantitative estimate of drug-likeness (QED) is 0.811. The fraction of sp³-hybridized carbons (Fsp3) is 1.00. The average molecular weight is 240 g/mol. The van der Waals surface area contributed by atoms with Crippen molar-refractivity contribution in [1.82, 2.24) is 10.2 Å². The molecule has 1 aliphatic rings. The van der Waals surface area contributed by atoms with Crippen molar-refractivity contribution in [2.75, 3.05) is 20.1 Å². The molecule has 2 atom stereocenters. The fourth-order valence-corrected chi connectivity index (χ4v) is 3.69. The maximum Gasteiger partial charge on any atom is 0.0336 e. The predicted molar refractivity (Wildman–Crippen MR) is 76.4 cm³/mol. The third-order valence-corrected chi connectivity index (χ3v) is 4.57. The van der Waals surface area contributed by atoms with Gasteiger partial charge in [0.25, 0.3) is 0 Å². The molecule has 0 saturated carbocycles. The average Bonchev–Trinajstić information content (AvgIpc) is 2.29. The Hall–Kier alpha value is -0.0800. The summed E-state index contributed by atoms with van der Waals surface area (Å²) in [6.45, 7) is 14.4. The van der Waals surface area contributed by atoms with Crippen molar-refractivity contribution in [2.24, 2.45) is 5.41 Å². The number of piperidine rings is 1. The van der Waals surface area contributed by atoms with Gasteiger partial charge in [-0.25, -0.2) is 0 Å². The van der Waals surface area contributed by atoms with E-state index in [9.17, 15) is 0 Å². The minimum atomic E-state index is 0.285. The topological polar surface area (TPSA) is 15.3 Å². The number of hydrogen-bond donors (Lipinski definition) is 1. The lowest BCUT2D eigenvalue weighted by Gasteiger charge is -2.52. The Balaban J connectivity index is 2.91. The summed E-state index contributed by atoms with van der Waals surface area (Å²) in [4.78, 5) is 2.73. The van der Waals surface area contributed by atoms with E-state index in [4.69, 9.17) is 0 Å². The number of nitrogens with zero attached hydrogens (tertiary/aromatic N) is 1. The maximum atomic E-state index is 3.59. The summed E-state index contributed by atoms with van der Waals surface area (Å²) >= 11 is 0.